The van der Waals surface area contributed by atoms with Crippen LogP contribution in [0.2, 0.25) is 0 Å². The summed E-state index contributed by atoms with van der Waals surface area (Å²) in [6.45, 7) is 7.16. The van der Waals surface area contributed by atoms with Crippen molar-refractivity contribution in [3.8, 4) is 11.8 Å². The molecule has 0 bridgehead atoms. The summed E-state index contributed by atoms with van der Waals surface area (Å²) in [5.41, 5.74) is 1.05. The van der Waals surface area contributed by atoms with Crippen LogP contribution in [0.4, 0.5) is 0 Å². The van der Waals surface area contributed by atoms with Crippen LogP contribution in [-0.4, -0.2) is 42.9 Å². The van der Waals surface area contributed by atoms with Gasteiger partial charge in [-0.25, -0.2) is 0 Å². The van der Waals surface area contributed by atoms with Crippen molar-refractivity contribution in [2.45, 2.75) is 32.9 Å². The van der Waals surface area contributed by atoms with Crippen molar-refractivity contribution in [1.82, 2.24) is 4.90 Å². The highest BCUT2D eigenvalue weighted by Crippen LogP contribution is 2.17. The maximum atomic E-state index is 8.69. The van der Waals surface area contributed by atoms with Crippen LogP contribution in [0, 0.1) is 11.8 Å². The molecule has 0 unspecified atom stereocenters. The average molecular weight is 281 g/mol. The van der Waals surface area contributed by atoms with E-state index >= 15 is 0 Å². The molecule has 3 nitrogen and oxygen atoms in total. The van der Waals surface area contributed by atoms with Crippen molar-refractivity contribution >= 4 is 11.3 Å². The first kappa shape index (κ1) is 16.2. The van der Waals surface area contributed by atoms with E-state index in [0.29, 0.717) is 12.5 Å². The second-order valence-electron chi connectivity index (χ2n) is 4.63. The minimum absolute atomic E-state index is 0.127. The van der Waals surface area contributed by atoms with Gasteiger partial charge >= 0.3 is 0 Å². The molecule has 1 aromatic rings. The standard InChI is InChI=1S/C15H23NO2S/c1-13(2)16(7-9-18-3)11-15-10-14(12-19-15)6-4-5-8-17/h10,12-13,17H,5,7-9,11H2,1-3H3. The summed E-state index contributed by atoms with van der Waals surface area (Å²) >= 11 is 1.74. The minimum Gasteiger partial charge on any atom is -0.395 e. The number of ether oxygens (including phenoxy) is 1. The predicted octanol–water partition coefficient (Wildman–Crippen LogP) is 2.34. The summed E-state index contributed by atoms with van der Waals surface area (Å²) in [4.78, 5) is 3.71. The zero-order valence-corrected chi connectivity index (χ0v) is 12.8. The summed E-state index contributed by atoms with van der Waals surface area (Å²) in [5.74, 6) is 6.02. The Morgan fingerprint density at radius 3 is 2.89 bits per heavy atom. The normalized spacial score (nSPS) is 10.8. The molecule has 4 heteroatoms. The Kier molecular flexibility index (Phi) is 7.76. The summed E-state index contributed by atoms with van der Waals surface area (Å²) in [6, 6.07) is 2.64. The molecule has 0 saturated heterocycles. The smallest absolute Gasteiger partial charge is 0.0589 e. The van der Waals surface area contributed by atoms with Crippen molar-refractivity contribution in [2.24, 2.45) is 0 Å². The van der Waals surface area contributed by atoms with Gasteiger partial charge in [-0.05, 0) is 19.9 Å². The highest BCUT2D eigenvalue weighted by Gasteiger charge is 2.10. The molecule has 0 amide bonds. The van der Waals surface area contributed by atoms with Crippen molar-refractivity contribution in [3.05, 3.63) is 21.9 Å². The fourth-order valence-electron chi connectivity index (χ4n) is 1.68. The highest BCUT2D eigenvalue weighted by molar-refractivity contribution is 7.10. The lowest BCUT2D eigenvalue weighted by atomic mass is 10.2. The molecule has 1 heterocycles. The van der Waals surface area contributed by atoms with Gasteiger partial charge in [0.05, 0.1) is 13.2 Å². The van der Waals surface area contributed by atoms with Crippen LogP contribution >= 0.6 is 11.3 Å². The lowest BCUT2D eigenvalue weighted by Crippen LogP contribution is -2.32. The number of hydrogen-bond donors (Lipinski definition) is 1. The van der Waals surface area contributed by atoms with Crippen LogP contribution in [0.1, 0.15) is 30.7 Å². The molecule has 0 aliphatic rings. The van der Waals surface area contributed by atoms with E-state index in [1.54, 1.807) is 18.4 Å². The van der Waals surface area contributed by atoms with E-state index in [1.165, 1.54) is 4.88 Å². The summed E-state index contributed by atoms with van der Waals surface area (Å²) in [5, 5.41) is 10.8. The van der Waals surface area contributed by atoms with Gasteiger partial charge in [-0.3, -0.25) is 4.90 Å². The van der Waals surface area contributed by atoms with Crippen molar-refractivity contribution in [2.75, 3.05) is 26.9 Å². The number of aliphatic hydroxyl groups excluding tert-OH is 1. The number of rotatable bonds is 7. The first-order valence-electron chi connectivity index (χ1n) is 6.57. The van der Waals surface area contributed by atoms with Gasteiger partial charge in [-0.2, -0.15) is 0 Å². The van der Waals surface area contributed by atoms with Crippen LogP contribution in [0.25, 0.3) is 0 Å². The molecule has 1 aromatic heterocycles. The monoisotopic (exact) mass is 281 g/mol. The van der Waals surface area contributed by atoms with Crippen molar-refractivity contribution < 1.29 is 9.84 Å². The van der Waals surface area contributed by atoms with Gasteiger partial charge in [-0.15, -0.1) is 11.3 Å². The number of thiophene rings is 1. The van der Waals surface area contributed by atoms with Crippen LogP contribution in [0.5, 0.6) is 0 Å². The van der Waals surface area contributed by atoms with E-state index in [1.807, 2.05) is 0 Å². The SMILES string of the molecule is COCCN(Cc1cc(C#CCCO)cs1)C(C)C. The molecule has 0 atom stereocenters. The Balaban J connectivity index is 2.58. The third-order valence-corrected chi connectivity index (χ3v) is 3.72. The second-order valence-corrected chi connectivity index (χ2v) is 5.63. The molecule has 106 valence electrons. The van der Waals surface area contributed by atoms with E-state index in [-0.39, 0.29) is 6.61 Å². The van der Waals surface area contributed by atoms with Crippen molar-refractivity contribution in [3.63, 3.8) is 0 Å². The van der Waals surface area contributed by atoms with Gasteiger partial charge < -0.3 is 9.84 Å². The predicted molar refractivity (Wildman–Crippen MR) is 80.3 cm³/mol. The third kappa shape index (κ3) is 6.22. The average Bonchev–Trinajstić information content (AvgIpc) is 2.82. The highest BCUT2D eigenvalue weighted by atomic mass is 32.1. The van der Waals surface area contributed by atoms with Gasteiger partial charge in [0.2, 0.25) is 0 Å². The van der Waals surface area contributed by atoms with Crippen LogP contribution in [0.3, 0.4) is 0 Å². The molecule has 0 fully saturated rings. The summed E-state index contributed by atoms with van der Waals surface area (Å²) in [6.07, 6.45) is 0.539. The molecule has 0 spiro atoms. The van der Waals surface area contributed by atoms with E-state index in [4.69, 9.17) is 9.84 Å². The Morgan fingerprint density at radius 1 is 1.47 bits per heavy atom. The Bertz CT molecular complexity index is 417. The van der Waals surface area contributed by atoms with Crippen LogP contribution < -0.4 is 0 Å². The topological polar surface area (TPSA) is 32.7 Å². The van der Waals surface area contributed by atoms with Crippen molar-refractivity contribution in [1.29, 1.82) is 0 Å². The van der Waals surface area contributed by atoms with E-state index in [0.717, 1.165) is 25.3 Å². The van der Waals surface area contributed by atoms with Gasteiger partial charge in [0, 0.05) is 48.5 Å². The summed E-state index contributed by atoms with van der Waals surface area (Å²) < 4.78 is 5.15. The fraction of sp³-hybridized carbons (Fsp3) is 0.600. The molecular weight excluding hydrogens is 258 g/mol. The molecule has 0 saturated carbocycles. The maximum Gasteiger partial charge on any atom is 0.0589 e. The quantitative estimate of drug-likeness (QED) is 0.779. The Labute approximate surface area is 120 Å². The first-order chi connectivity index (χ1) is 9.17. The maximum absolute atomic E-state index is 8.69. The molecule has 1 rings (SSSR count). The Hall–Kier alpha value is -0.860. The first-order valence-corrected chi connectivity index (χ1v) is 7.45. The summed E-state index contributed by atoms with van der Waals surface area (Å²) in [7, 11) is 1.73. The molecule has 1 N–H and O–H groups in total. The largest absolute Gasteiger partial charge is 0.395 e. The zero-order chi connectivity index (χ0) is 14.1. The van der Waals surface area contributed by atoms with E-state index < -0.39 is 0 Å². The molecule has 0 aliphatic carbocycles. The number of aliphatic hydroxyl groups is 1. The second kappa shape index (κ2) is 9.11. The zero-order valence-electron chi connectivity index (χ0n) is 12.0. The molecule has 0 aliphatic heterocycles. The van der Waals surface area contributed by atoms with Crippen LogP contribution in [-0.2, 0) is 11.3 Å². The molecule has 0 aromatic carbocycles. The lowest BCUT2D eigenvalue weighted by molar-refractivity contribution is 0.125. The molecule has 0 radical (unpaired) electrons. The van der Waals surface area contributed by atoms with Gasteiger partial charge in [0.15, 0.2) is 0 Å². The minimum atomic E-state index is 0.127. The molecule has 19 heavy (non-hydrogen) atoms. The van der Waals surface area contributed by atoms with E-state index in [2.05, 4.69) is 42.0 Å². The third-order valence-electron chi connectivity index (χ3n) is 2.80. The lowest BCUT2D eigenvalue weighted by Gasteiger charge is -2.25. The van der Waals surface area contributed by atoms with Gasteiger partial charge in [-0.1, -0.05) is 11.8 Å². The number of methoxy groups -OCH3 is 1. The van der Waals surface area contributed by atoms with Crippen LogP contribution in [0.15, 0.2) is 11.4 Å². The Morgan fingerprint density at radius 2 is 2.26 bits per heavy atom. The van der Waals surface area contributed by atoms with E-state index in [9.17, 15) is 0 Å². The molecular formula is C15H23NO2S. The van der Waals surface area contributed by atoms with Gasteiger partial charge in [0.1, 0.15) is 0 Å². The number of nitrogens with zero attached hydrogens (tertiary/aromatic N) is 1. The van der Waals surface area contributed by atoms with Gasteiger partial charge in [0.25, 0.3) is 0 Å². The number of hydrogen-bond acceptors (Lipinski definition) is 4. The fourth-order valence-corrected chi connectivity index (χ4v) is 2.52.